The van der Waals surface area contributed by atoms with Crippen molar-refractivity contribution < 1.29 is 9.53 Å². The number of nitrogens with zero attached hydrogens (tertiary/aromatic N) is 1. The van der Waals surface area contributed by atoms with Crippen molar-refractivity contribution in [2.75, 3.05) is 25.1 Å². The summed E-state index contributed by atoms with van der Waals surface area (Å²) < 4.78 is 4.79. The van der Waals surface area contributed by atoms with Gasteiger partial charge in [0.25, 0.3) is 0 Å². The van der Waals surface area contributed by atoms with Crippen molar-refractivity contribution in [3.8, 4) is 0 Å². The van der Waals surface area contributed by atoms with E-state index in [0.29, 0.717) is 6.54 Å². The SMILES string of the molecule is COC(=O)C(C)(C)NCc1ccc(N2CCCCC2)cc1. The van der Waals surface area contributed by atoms with Gasteiger partial charge in [0, 0.05) is 25.3 Å². The molecule has 116 valence electrons. The Bertz CT molecular complexity index is 462. The van der Waals surface area contributed by atoms with Gasteiger partial charge < -0.3 is 9.64 Å². The molecule has 0 aromatic heterocycles. The third kappa shape index (κ3) is 4.21. The summed E-state index contributed by atoms with van der Waals surface area (Å²) >= 11 is 0. The van der Waals surface area contributed by atoms with Crippen molar-refractivity contribution in [3.05, 3.63) is 29.8 Å². The second-order valence-electron chi connectivity index (χ2n) is 6.18. The average Bonchev–Trinajstić information content (AvgIpc) is 2.53. The number of rotatable bonds is 5. The van der Waals surface area contributed by atoms with Gasteiger partial charge in [-0.2, -0.15) is 0 Å². The molecule has 4 heteroatoms. The zero-order valence-corrected chi connectivity index (χ0v) is 13.3. The number of hydrogen-bond acceptors (Lipinski definition) is 4. The molecule has 0 unspecified atom stereocenters. The van der Waals surface area contributed by atoms with Crippen molar-refractivity contribution in [1.29, 1.82) is 0 Å². The molecule has 0 saturated carbocycles. The minimum Gasteiger partial charge on any atom is -0.468 e. The highest BCUT2D eigenvalue weighted by Crippen LogP contribution is 2.20. The molecule has 2 rings (SSSR count). The molecule has 4 nitrogen and oxygen atoms in total. The molecule has 0 radical (unpaired) electrons. The fraction of sp³-hybridized carbons (Fsp3) is 0.588. The van der Waals surface area contributed by atoms with Crippen LogP contribution >= 0.6 is 0 Å². The van der Waals surface area contributed by atoms with Gasteiger partial charge >= 0.3 is 5.97 Å². The monoisotopic (exact) mass is 290 g/mol. The lowest BCUT2D eigenvalue weighted by molar-refractivity contribution is -0.147. The van der Waals surface area contributed by atoms with Gasteiger partial charge in [0.2, 0.25) is 0 Å². The second-order valence-corrected chi connectivity index (χ2v) is 6.18. The van der Waals surface area contributed by atoms with Gasteiger partial charge in [-0.15, -0.1) is 0 Å². The van der Waals surface area contributed by atoms with Crippen molar-refractivity contribution in [2.45, 2.75) is 45.2 Å². The number of carbonyl (C=O) groups is 1. The van der Waals surface area contributed by atoms with E-state index in [2.05, 4.69) is 34.5 Å². The smallest absolute Gasteiger partial charge is 0.325 e. The normalized spacial score (nSPS) is 15.9. The molecule has 1 fully saturated rings. The van der Waals surface area contributed by atoms with Crippen molar-refractivity contribution in [2.24, 2.45) is 0 Å². The number of ether oxygens (including phenoxy) is 1. The van der Waals surface area contributed by atoms with E-state index < -0.39 is 5.54 Å². The number of anilines is 1. The van der Waals surface area contributed by atoms with E-state index in [4.69, 9.17) is 4.74 Å². The number of methoxy groups -OCH3 is 1. The van der Waals surface area contributed by atoms with E-state index in [1.165, 1.54) is 37.6 Å². The number of esters is 1. The third-order valence-corrected chi connectivity index (χ3v) is 4.09. The first-order chi connectivity index (χ1) is 10.0. The summed E-state index contributed by atoms with van der Waals surface area (Å²) in [6.45, 7) is 6.64. The largest absolute Gasteiger partial charge is 0.468 e. The maximum Gasteiger partial charge on any atom is 0.325 e. The van der Waals surface area contributed by atoms with Gasteiger partial charge in [0.1, 0.15) is 5.54 Å². The van der Waals surface area contributed by atoms with Crippen LogP contribution in [-0.2, 0) is 16.1 Å². The molecule has 0 aliphatic carbocycles. The van der Waals surface area contributed by atoms with Gasteiger partial charge in [0.05, 0.1) is 7.11 Å². The van der Waals surface area contributed by atoms with Crippen LogP contribution in [0.25, 0.3) is 0 Å². The molecule has 21 heavy (non-hydrogen) atoms. The Kier molecular flexibility index (Phi) is 5.23. The van der Waals surface area contributed by atoms with Crippen LogP contribution in [0, 0.1) is 0 Å². The number of carbonyl (C=O) groups excluding carboxylic acids is 1. The predicted molar refractivity (Wildman–Crippen MR) is 85.4 cm³/mol. The molecular weight excluding hydrogens is 264 g/mol. The molecule has 0 spiro atoms. The van der Waals surface area contributed by atoms with Gasteiger partial charge in [-0.25, -0.2) is 0 Å². The topological polar surface area (TPSA) is 41.6 Å². The van der Waals surface area contributed by atoms with Gasteiger partial charge in [-0.3, -0.25) is 10.1 Å². The molecule has 1 aliphatic rings. The number of piperidine rings is 1. The number of benzene rings is 1. The maximum absolute atomic E-state index is 11.6. The Hall–Kier alpha value is -1.55. The number of nitrogens with one attached hydrogen (secondary N) is 1. The van der Waals surface area contributed by atoms with Crippen LogP contribution in [-0.4, -0.2) is 31.7 Å². The average molecular weight is 290 g/mol. The van der Waals surface area contributed by atoms with Gasteiger partial charge in [0.15, 0.2) is 0 Å². The molecule has 0 amide bonds. The fourth-order valence-electron chi connectivity index (χ4n) is 2.63. The highest BCUT2D eigenvalue weighted by atomic mass is 16.5. The molecule has 1 heterocycles. The molecule has 0 atom stereocenters. The minimum atomic E-state index is -0.666. The summed E-state index contributed by atoms with van der Waals surface area (Å²) in [5.41, 5.74) is 1.80. The Balaban J connectivity index is 1.91. The van der Waals surface area contributed by atoms with Crippen molar-refractivity contribution in [3.63, 3.8) is 0 Å². The Morgan fingerprint density at radius 3 is 2.38 bits per heavy atom. The van der Waals surface area contributed by atoms with Crippen LogP contribution in [0.2, 0.25) is 0 Å². The fourth-order valence-corrected chi connectivity index (χ4v) is 2.63. The van der Waals surface area contributed by atoms with Crippen LogP contribution in [0.3, 0.4) is 0 Å². The lowest BCUT2D eigenvalue weighted by Crippen LogP contribution is -2.46. The van der Waals surface area contributed by atoms with Crippen LogP contribution in [0.4, 0.5) is 5.69 Å². The first-order valence-electron chi connectivity index (χ1n) is 7.70. The van der Waals surface area contributed by atoms with E-state index in [0.717, 1.165) is 13.1 Å². The maximum atomic E-state index is 11.6. The molecule has 1 N–H and O–H groups in total. The summed E-state index contributed by atoms with van der Waals surface area (Å²) in [6, 6.07) is 8.61. The molecule has 1 aromatic rings. The quantitative estimate of drug-likeness (QED) is 0.847. The van der Waals surface area contributed by atoms with Crippen LogP contribution in [0.1, 0.15) is 38.7 Å². The second kappa shape index (κ2) is 6.94. The molecule has 1 aliphatic heterocycles. The zero-order valence-electron chi connectivity index (χ0n) is 13.3. The standard InChI is InChI=1S/C17H26N2O2/c1-17(2,16(20)21-3)18-13-14-7-9-15(10-8-14)19-11-5-4-6-12-19/h7-10,18H,4-6,11-13H2,1-3H3. The Morgan fingerprint density at radius 1 is 1.19 bits per heavy atom. The van der Waals surface area contributed by atoms with Crippen LogP contribution in [0.5, 0.6) is 0 Å². The summed E-state index contributed by atoms with van der Waals surface area (Å²) in [7, 11) is 1.42. The first-order valence-corrected chi connectivity index (χ1v) is 7.70. The molecule has 1 saturated heterocycles. The zero-order chi connectivity index (χ0) is 15.3. The Labute approximate surface area is 127 Å². The van der Waals surface area contributed by atoms with Crippen molar-refractivity contribution in [1.82, 2.24) is 5.32 Å². The lowest BCUT2D eigenvalue weighted by atomic mass is 10.1. The summed E-state index contributed by atoms with van der Waals surface area (Å²) in [6.07, 6.45) is 3.92. The van der Waals surface area contributed by atoms with Gasteiger partial charge in [-0.1, -0.05) is 12.1 Å². The van der Waals surface area contributed by atoms with Crippen LogP contribution < -0.4 is 10.2 Å². The van der Waals surface area contributed by atoms with Gasteiger partial charge in [-0.05, 0) is 50.8 Å². The lowest BCUT2D eigenvalue weighted by Gasteiger charge is -2.29. The summed E-state index contributed by atoms with van der Waals surface area (Å²) in [5, 5.41) is 3.24. The summed E-state index contributed by atoms with van der Waals surface area (Å²) in [4.78, 5) is 14.1. The summed E-state index contributed by atoms with van der Waals surface area (Å²) in [5.74, 6) is -0.243. The highest BCUT2D eigenvalue weighted by molar-refractivity contribution is 5.79. The third-order valence-electron chi connectivity index (χ3n) is 4.09. The predicted octanol–water partition coefficient (Wildman–Crippen LogP) is 2.72. The highest BCUT2D eigenvalue weighted by Gasteiger charge is 2.27. The number of hydrogen-bond donors (Lipinski definition) is 1. The van der Waals surface area contributed by atoms with E-state index in [9.17, 15) is 4.79 Å². The van der Waals surface area contributed by atoms with E-state index in [1.807, 2.05) is 13.8 Å². The van der Waals surface area contributed by atoms with E-state index in [1.54, 1.807) is 0 Å². The van der Waals surface area contributed by atoms with E-state index >= 15 is 0 Å². The first kappa shape index (κ1) is 15.8. The minimum absolute atomic E-state index is 0.243. The van der Waals surface area contributed by atoms with Crippen molar-refractivity contribution >= 4 is 11.7 Å². The molecular formula is C17H26N2O2. The molecule has 0 bridgehead atoms. The van der Waals surface area contributed by atoms with Crippen LogP contribution in [0.15, 0.2) is 24.3 Å². The Morgan fingerprint density at radius 2 is 1.81 bits per heavy atom. The molecule has 1 aromatic carbocycles. The van der Waals surface area contributed by atoms with E-state index in [-0.39, 0.29) is 5.97 Å².